The summed E-state index contributed by atoms with van der Waals surface area (Å²) in [5.41, 5.74) is 0.789. The van der Waals surface area contributed by atoms with E-state index in [9.17, 15) is 13.2 Å². The van der Waals surface area contributed by atoms with Crippen LogP contribution in [0.4, 0.5) is 6.01 Å². The van der Waals surface area contributed by atoms with E-state index in [0.29, 0.717) is 17.1 Å². The van der Waals surface area contributed by atoms with Crippen LogP contribution in [0.25, 0.3) is 22.6 Å². The van der Waals surface area contributed by atoms with Gasteiger partial charge in [-0.05, 0) is 49.2 Å². The first-order chi connectivity index (χ1) is 15.9. The molecular formula is C22H20N4O6S. The number of para-hydroxylation sites is 1. The molecule has 2 aromatic carbocycles. The van der Waals surface area contributed by atoms with Gasteiger partial charge in [-0.2, -0.15) is 4.31 Å². The fourth-order valence-corrected chi connectivity index (χ4v) is 4.84. The number of hydrogen-bond acceptors (Lipinski definition) is 8. The molecule has 1 fully saturated rings. The molecule has 1 amide bonds. The molecule has 0 aliphatic heterocycles. The highest BCUT2D eigenvalue weighted by Gasteiger charge is 2.35. The molecule has 1 aliphatic carbocycles. The van der Waals surface area contributed by atoms with E-state index in [-0.39, 0.29) is 28.4 Å². The van der Waals surface area contributed by atoms with Gasteiger partial charge in [-0.25, -0.2) is 8.42 Å². The van der Waals surface area contributed by atoms with E-state index in [4.69, 9.17) is 13.6 Å². The molecule has 10 nitrogen and oxygen atoms in total. The number of amides is 1. The van der Waals surface area contributed by atoms with Crippen LogP contribution in [0.15, 0.2) is 62.3 Å². The van der Waals surface area contributed by atoms with Crippen molar-refractivity contribution in [1.82, 2.24) is 14.5 Å². The van der Waals surface area contributed by atoms with E-state index in [1.165, 1.54) is 28.6 Å². The normalized spacial score (nSPS) is 14.0. The number of benzene rings is 2. The third-order valence-electron chi connectivity index (χ3n) is 5.44. The number of rotatable bonds is 7. The minimum absolute atomic E-state index is 0.0533. The average molecular weight is 468 g/mol. The second-order valence-corrected chi connectivity index (χ2v) is 9.63. The molecule has 0 unspecified atom stereocenters. The zero-order valence-electron chi connectivity index (χ0n) is 17.8. The molecule has 5 rings (SSSR count). The van der Waals surface area contributed by atoms with E-state index in [0.717, 1.165) is 18.2 Å². The number of hydrogen-bond donors (Lipinski definition) is 1. The quantitative estimate of drug-likeness (QED) is 0.436. The van der Waals surface area contributed by atoms with Crippen molar-refractivity contribution in [2.45, 2.75) is 23.8 Å². The minimum atomic E-state index is -3.58. The summed E-state index contributed by atoms with van der Waals surface area (Å²) in [5, 5.41) is 11.1. The third kappa shape index (κ3) is 3.96. The van der Waals surface area contributed by atoms with E-state index >= 15 is 0 Å². The lowest BCUT2D eigenvalue weighted by atomic mass is 10.2. The number of carbonyl (C=O) groups is 1. The topological polar surface area (TPSA) is 128 Å². The molecule has 2 heterocycles. The lowest BCUT2D eigenvalue weighted by molar-refractivity contribution is 0.102. The predicted molar refractivity (Wildman–Crippen MR) is 118 cm³/mol. The van der Waals surface area contributed by atoms with Gasteiger partial charge in [0.1, 0.15) is 0 Å². The first-order valence-corrected chi connectivity index (χ1v) is 11.6. The number of anilines is 1. The summed E-state index contributed by atoms with van der Waals surface area (Å²) >= 11 is 0. The van der Waals surface area contributed by atoms with Crippen LogP contribution in [0, 0.1) is 0 Å². The number of fused-ring (bicyclic) bond motifs is 1. The molecule has 1 N–H and O–H groups in total. The molecule has 0 atom stereocenters. The highest BCUT2D eigenvalue weighted by molar-refractivity contribution is 7.89. The van der Waals surface area contributed by atoms with Gasteiger partial charge in [0.2, 0.25) is 10.0 Å². The van der Waals surface area contributed by atoms with Crippen molar-refractivity contribution in [3.05, 3.63) is 54.1 Å². The monoisotopic (exact) mass is 468 g/mol. The number of aromatic nitrogens is 2. The van der Waals surface area contributed by atoms with Crippen molar-refractivity contribution in [3.63, 3.8) is 0 Å². The molecule has 0 spiro atoms. The van der Waals surface area contributed by atoms with Crippen molar-refractivity contribution in [1.29, 1.82) is 0 Å². The molecule has 1 aliphatic rings. The Labute approximate surface area is 189 Å². The van der Waals surface area contributed by atoms with E-state index in [2.05, 4.69) is 15.5 Å². The fraction of sp³-hybridized carbons (Fsp3) is 0.227. The number of nitrogens with one attached hydrogen (secondary N) is 1. The Morgan fingerprint density at radius 2 is 1.88 bits per heavy atom. The van der Waals surface area contributed by atoms with Crippen LogP contribution < -0.4 is 10.1 Å². The average Bonchev–Trinajstić information content (AvgIpc) is 3.40. The molecule has 1 saturated carbocycles. The molecule has 0 radical (unpaired) electrons. The maximum atomic E-state index is 12.6. The highest BCUT2D eigenvalue weighted by Crippen LogP contribution is 2.33. The Morgan fingerprint density at radius 3 is 2.58 bits per heavy atom. The van der Waals surface area contributed by atoms with Gasteiger partial charge in [0.15, 0.2) is 17.1 Å². The number of sulfonamides is 1. The lowest BCUT2D eigenvalue weighted by Gasteiger charge is -2.16. The molecule has 33 heavy (non-hydrogen) atoms. The number of furan rings is 1. The first kappa shape index (κ1) is 21.2. The highest BCUT2D eigenvalue weighted by atomic mass is 32.2. The van der Waals surface area contributed by atoms with Crippen molar-refractivity contribution >= 4 is 32.9 Å². The van der Waals surface area contributed by atoms with Crippen LogP contribution in [-0.2, 0) is 10.0 Å². The molecule has 4 aromatic rings. The van der Waals surface area contributed by atoms with Crippen molar-refractivity contribution in [2.24, 2.45) is 0 Å². The van der Waals surface area contributed by atoms with Crippen molar-refractivity contribution in [3.8, 4) is 17.4 Å². The second kappa shape index (κ2) is 8.01. The van der Waals surface area contributed by atoms with Gasteiger partial charge in [0.25, 0.3) is 11.8 Å². The SMILES string of the molecule is COc1cccc2cc(-c3nnc(NC(=O)c4ccc(S(=O)(=O)N(C)C5CC5)cc4)o3)oc12. The standard InChI is InChI=1S/C22H20N4O6S/c1-26(15-8-9-15)33(28,29)16-10-6-13(7-11-16)20(27)23-22-25-24-21(32-22)18-12-14-4-3-5-17(30-2)19(14)31-18/h3-7,10-12,15H,8-9H2,1-2H3,(H,23,25,27). The Morgan fingerprint density at radius 1 is 1.12 bits per heavy atom. The van der Waals surface area contributed by atoms with Crippen LogP contribution in [0.3, 0.4) is 0 Å². The number of methoxy groups -OCH3 is 1. The number of ether oxygens (including phenoxy) is 1. The summed E-state index contributed by atoms with van der Waals surface area (Å²) in [6, 6.07) is 12.8. The zero-order chi connectivity index (χ0) is 23.2. The lowest BCUT2D eigenvalue weighted by Crippen LogP contribution is -2.29. The summed E-state index contributed by atoms with van der Waals surface area (Å²) in [6.45, 7) is 0. The summed E-state index contributed by atoms with van der Waals surface area (Å²) in [5.74, 6) is 0.474. The Kier molecular flexibility index (Phi) is 5.14. The van der Waals surface area contributed by atoms with Gasteiger partial charge >= 0.3 is 6.01 Å². The smallest absolute Gasteiger partial charge is 0.322 e. The van der Waals surface area contributed by atoms with Crippen LogP contribution in [0.2, 0.25) is 0 Å². The summed E-state index contributed by atoms with van der Waals surface area (Å²) in [4.78, 5) is 12.7. The molecular weight excluding hydrogens is 448 g/mol. The molecule has 0 bridgehead atoms. The Balaban J connectivity index is 1.31. The van der Waals surface area contributed by atoms with Crippen LogP contribution in [0.1, 0.15) is 23.2 Å². The van der Waals surface area contributed by atoms with Crippen LogP contribution >= 0.6 is 0 Å². The maximum Gasteiger partial charge on any atom is 0.322 e. The second-order valence-electron chi connectivity index (χ2n) is 7.63. The molecule has 2 aromatic heterocycles. The van der Waals surface area contributed by atoms with E-state index in [1.54, 1.807) is 26.3 Å². The van der Waals surface area contributed by atoms with Crippen molar-refractivity contribution < 1.29 is 26.8 Å². The zero-order valence-corrected chi connectivity index (χ0v) is 18.6. The van der Waals surface area contributed by atoms with Gasteiger partial charge in [-0.1, -0.05) is 17.2 Å². The fourth-order valence-electron chi connectivity index (χ4n) is 3.42. The first-order valence-electron chi connectivity index (χ1n) is 10.2. The number of nitrogens with zero attached hydrogens (tertiary/aromatic N) is 3. The van der Waals surface area contributed by atoms with Gasteiger partial charge in [-0.3, -0.25) is 10.1 Å². The maximum absolute atomic E-state index is 12.6. The van der Waals surface area contributed by atoms with Gasteiger partial charge < -0.3 is 13.6 Å². The largest absolute Gasteiger partial charge is 0.493 e. The molecule has 11 heteroatoms. The molecule has 0 saturated heterocycles. The predicted octanol–water partition coefficient (Wildman–Crippen LogP) is 3.53. The van der Waals surface area contributed by atoms with Crippen LogP contribution in [-0.4, -0.2) is 49.0 Å². The van der Waals surface area contributed by atoms with Crippen molar-refractivity contribution in [2.75, 3.05) is 19.5 Å². The number of carbonyl (C=O) groups excluding carboxylic acids is 1. The van der Waals surface area contributed by atoms with Gasteiger partial charge in [0, 0.05) is 24.0 Å². The van der Waals surface area contributed by atoms with Gasteiger partial charge in [0.05, 0.1) is 12.0 Å². The van der Waals surface area contributed by atoms with E-state index < -0.39 is 15.9 Å². The summed E-state index contributed by atoms with van der Waals surface area (Å²) < 4.78 is 43.1. The minimum Gasteiger partial charge on any atom is -0.493 e. The molecule has 170 valence electrons. The Hall–Kier alpha value is -3.70. The van der Waals surface area contributed by atoms with E-state index in [1.807, 2.05) is 12.1 Å². The third-order valence-corrected chi connectivity index (χ3v) is 7.36. The summed E-state index contributed by atoms with van der Waals surface area (Å²) in [7, 11) is -0.465. The van der Waals surface area contributed by atoms with Gasteiger partial charge in [-0.15, -0.1) is 5.10 Å². The Bertz CT molecular complexity index is 1440. The van der Waals surface area contributed by atoms with Crippen LogP contribution in [0.5, 0.6) is 5.75 Å². The summed E-state index contributed by atoms with van der Waals surface area (Å²) in [6.07, 6.45) is 1.73.